The third-order valence-electron chi connectivity index (χ3n) is 4.53. The van der Waals surface area contributed by atoms with Crippen molar-refractivity contribution in [3.05, 3.63) is 0 Å². The van der Waals surface area contributed by atoms with Crippen molar-refractivity contribution in [1.29, 1.82) is 0 Å². The van der Waals surface area contributed by atoms with E-state index in [4.69, 9.17) is 0 Å². The number of hydrogen-bond acceptors (Lipinski definition) is 3. The number of carbonyl (C=O) groups excluding carboxylic acids is 2. The SMILES string of the molecule is CCNC(=O)N1CCC(NC(=O)C2CCCCN2C)CC1. The average molecular weight is 296 g/mol. The Hall–Kier alpha value is -1.30. The van der Waals surface area contributed by atoms with Crippen LogP contribution >= 0.6 is 0 Å². The number of likely N-dealkylation sites (tertiary alicyclic amines) is 2. The molecule has 2 aliphatic heterocycles. The minimum atomic E-state index is 0.00860. The molecule has 0 aromatic rings. The van der Waals surface area contributed by atoms with Crippen LogP contribution < -0.4 is 10.6 Å². The lowest BCUT2D eigenvalue weighted by atomic mass is 10.00. The molecule has 2 fully saturated rings. The van der Waals surface area contributed by atoms with E-state index in [-0.39, 0.29) is 24.0 Å². The van der Waals surface area contributed by atoms with E-state index < -0.39 is 0 Å². The number of nitrogens with zero attached hydrogens (tertiary/aromatic N) is 2. The summed E-state index contributed by atoms with van der Waals surface area (Å²) in [5.74, 6) is 0.161. The second-order valence-corrected chi connectivity index (χ2v) is 6.10. The van der Waals surface area contributed by atoms with Crippen LogP contribution in [0.3, 0.4) is 0 Å². The van der Waals surface area contributed by atoms with Gasteiger partial charge in [0.15, 0.2) is 0 Å². The number of rotatable bonds is 3. The van der Waals surface area contributed by atoms with Crippen LogP contribution in [0.4, 0.5) is 4.79 Å². The molecule has 120 valence electrons. The van der Waals surface area contributed by atoms with Gasteiger partial charge in [0.25, 0.3) is 0 Å². The molecule has 3 amide bonds. The van der Waals surface area contributed by atoms with Crippen LogP contribution in [0.1, 0.15) is 39.0 Å². The molecule has 0 bridgehead atoms. The maximum Gasteiger partial charge on any atom is 0.317 e. The van der Waals surface area contributed by atoms with Gasteiger partial charge in [-0.3, -0.25) is 9.69 Å². The number of carbonyl (C=O) groups is 2. The summed E-state index contributed by atoms with van der Waals surface area (Å²) in [6, 6.07) is 0.243. The number of likely N-dealkylation sites (N-methyl/N-ethyl adjacent to an activating group) is 1. The second kappa shape index (κ2) is 7.64. The first-order chi connectivity index (χ1) is 10.1. The van der Waals surface area contributed by atoms with Crippen molar-refractivity contribution < 1.29 is 9.59 Å². The molecule has 21 heavy (non-hydrogen) atoms. The van der Waals surface area contributed by atoms with Crippen LogP contribution in [-0.2, 0) is 4.79 Å². The molecule has 2 N–H and O–H groups in total. The number of amides is 3. The first kappa shape index (κ1) is 16.1. The number of piperidine rings is 2. The fraction of sp³-hybridized carbons (Fsp3) is 0.867. The monoisotopic (exact) mass is 296 g/mol. The zero-order valence-electron chi connectivity index (χ0n) is 13.2. The minimum absolute atomic E-state index is 0.00860. The lowest BCUT2D eigenvalue weighted by molar-refractivity contribution is -0.128. The van der Waals surface area contributed by atoms with Crippen molar-refractivity contribution in [1.82, 2.24) is 20.4 Å². The number of urea groups is 1. The van der Waals surface area contributed by atoms with E-state index in [1.54, 1.807) is 0 Å². The Kier molecular flexibility index (Phi) is 5.85. The van der Waals surface area contributed by atoms with Gasteiger partial charge >= 0.3 is 6.03 Å². The molecular weight excluding hydrogens is 268 g/mol. The smallest absolute Gasteiger partial charge is 0.317 e. The molecule has 2 heterocycles. The molecule has 1 atom stereocenters. The van der Waals surface area contributed by atoms with Gasteiger partial charge in [0.05, 0.1) is 6.04 Å². The molecule has 0 saturated carbocycles. The molecule has 2 saturated heterocycles. The molecule has 0 aromatic carbocycles. The highest BCUT2D eigenvalue weighted by Gasteiger charge is 2.29. The van der Waals surface area contributed by atoms with Gasteiger partial charge in [0.1, 0.15) is 0 Å². The minimum Gasteiger partial charge on any atom is -0.352 e. The van der Waals surface area contributed by atoms with E-state index in [1.165, 1.54) is 6.42 Å². The quantitative estimate of drug-likeness (QED) is 0.809. The Morgan fingerprint density at radius 3 is 2.43 bits per heavy atom. The van der Waals surface area contributed by atoms with E-state index in [9.17, 15) is 9.59 Å². The van der Waals surface area contributed by atoms with Gasteiger partial charge in [-0.2, -0.15) is 0 Å². The Morgan fingerprint density at radius 1 is 1.10 bits per heavy atom. The number of nitrogens with one attached hydrogen (secondary N) is 2. The summed E-state index contributed by atoms with van der Waals surface area (Å²) in [4.78, 5) is 28.1. The Bertz CT molecular complexity index is 367. The van der Waals surface area contributed by atoms with Crippen LogP contribution in [0.15, 0.2) is 0 Å². The lowest BCUT2D eigenvalue weighted by Crippen LogP contribution is -2.53. The first-order valence-corrected chi connectivity index (χ1v) is 8.15. The van der Waals surface area contributed by atoms with Gasteiger partial charge in [0, 0.05) is 25.7 Å². The maximum absolute atomic E-state index is 12.3. The topological polar surface area (TPSA) is 64.7 Å². The van der Waals surface area contributed by atoms with Crippen molar-refractivity contribution >= 4 is 11.9 Å². The summed E-state index contributed by atoms with van der Waals surface area (Å²) in [7, 11) is 2.03. The van der Waals surface area contributed by atoms with Gasteiger partial charge in [-0.15, -0.1) is 0 Å². The fourth-order valence-electron chi connectivity index (χ4n) is 3.19. The van der Waals surface area contributed by atoms with Gasteiger partial charge in [-0.1, -0.05) is 6.42 Å². The maximum atomic E-state index is 12.3. The second-order valence-electron chi connectivity index (χ2n) is 6.10. The molecule has 2 aliphatic rings. The standard InChI is InChI=1S/C15H28N4O2/c1-3-16-15(21)19-10-7-12(8-11-19)17-14(20)13-6-4-5-9-18(13)2/h12-13H,3-11H2,1-2H3,(H,16,21)(H,17,20). The van der Waals surface area contributed by atoms with Crippen LogP contribution in [0.25, 0.3) is 0 Å². The molecule has 6 nitrogen and oxygen atoms in total. The van der Waals surface area contributed by atoms with E-state index in [2.05, 4.69) is 15.5 Å². The predicted octanol–water partition coefficient (Wildman–Crippen LogP) is 0.781. The molecule has 2 rings (SSSR count). The first-order valence-electron chi connectivity index (χ1n) is 8.15. The van der Waals surface area contributed by atoms with Crippen LogP contribution in [0.2, 0.25) is 0 Å². The normalized spacial score (nSPS) is 24.7. The molecular formula is C15H28N4O2. The average Bonchev–Trinajstić information content (AvgIpc) is 2.48. The molecule has 0 spiro atoms. The molecule has 0 aromatic heterocycles. The van der Waals surface area contributed by atoms with E-state index in [1.807, 2.05) is 18.9 Å². The molecule has 1 unspecified atom stereocenters. The van der Waals surface area contributed by atoms with Gasteiger partial charge in [-0.25, -0.2) is 4.79 Å². The van der Waals surface area contributed by atoms with Crippen molar-refractivity contribution in [3.8, 4) is 0 Å². The summed E-state index contributed by atoms with van der Waals surface area (Å²) < 4.78 is 0. The summed E-state index contributed by atoms with van der Waals surface area (Å²) in [5, 5.41) is 5.99. The fourth-order valence-corrected chi connectivity index (χ4v) is 3.19. The van der Waals surface area contributed by atoms with Crippen molar-refractivity contribution in [2.75, 3.05) is 33.2 Å². The highest BCUT2D eigenvalue weighted by Crippen LogP contribution is 2.16. The summed E-state index contributed by atoms with van der Waals surface area (Å²) in [5.41, 5.74) is 0. The lowest BCUT2D eigenvalue weighted by Gasteiger charge is -2.35. The summed E-state index contributed by atoms with van der Waals surface area (Å²) in [6.07, 6.45) is 4.97. The van der Waals surface area contributed by atoms with Crippen LogP contribution in [0, 0.1) is 0 Å². The van der Waals surface area contributed by atoms with Crippen LogP contribution in [-0.4, -0.2) is 67.0 Å². The van der Waals surface area contributed by atoms with Crippen molar-refractivity contribution in [3.63, 3.8) is 0 Å². The van der Waals surface area contributed by atoms with E-state index in [0.29, 0.717) is 6.54 Å². The summed E-state index contributed by atoms with van der Waals surface area (Å²) in [6.45, 7) is 5.03. The van der Waals surface area contributed by atoms with Crippen molar-refractivity contribution in [2.45, 2.75) is 51.1 Å². The Labute approximate surface area is 127 Å². The zero-order valence-corrected chi connectivity index (χ0v) is 13.2. The van der Waals surface area contributed by atoms with Gasteiger partial charge in [0.2, 0.25) is 5.91 Å². The largest absolute Gasteiger partial charge is 0.352 e. The molecule has 6 heteroatoms. The number of hydrogen-bond donors (Lipinski definition) is 2. The van der Waals surface area contributed by atoms with Gasteiger partial charge in [-0.05, 0) is 46.2 Å². The summed E-state index contributed by atoms with van der Waals surface area (Å²) >= 11 is 0. The Morgan fingerprint density at radius 2 is 1.81 bits per heavy atom. The third-order valence-corrected chi connectivity index (χ3v) is 4.53. The zero-order chi connectivity index (χ0) is 15.2. The highest BCUT2D eigenvalue weighted by atomic mass is 16.2. The van der Waals surface area contributed by atoms with E-state index >= 15 is 0 Å². The third kappa shape index (κ3) is 4.33. The predicted molar refractivity (Wildman–Crippen MR) is 82.1 cm³/mol. The highest BCUT2D eigenvalue weighted by molar-refractivity contribution is 5.82. The Balaban J connectivity index is 1.75. The molecule has 0 aliphatic carbocycles. The molecule has 0 radical (unpaired) electrons. The van der Waals surface area contributed by atoms with E-state index in [0.717, 1.165) is 45.3 Å². The van der Waals surface area contributed by atoms with Crippen LogP contribution in [0.5, 0.6) is 0 Å². The van der Waals surface area contributed by atoms with Gasteiger partial charge < -0.3 is 15.5 Å². The van der Waals surface area contributed by atoms with Crippen molar-refractivity contribution in [2.24, 2.45) is 0 Å².